The van der Waals surface area contributed by atoms with E-state index >= 15 is 0 Å². The quantitative estimate of drug-likeness (QED) is 0.404. The Kier molecular flexibility index (Phi) is 4.97. The Morgan fingerprint density at radius 2 is 1.69 bits per heavy atom. The molecule has 29 heavy (non-hydrogen) atoms. The maximum Gasteiger partial charge on any atom is 0.270 e. The van der Waals surface area contributed by atoms with Crippen LogP contribution in [0.3, 0.4) is 0 Å². The van der Waals surface area contributed by atoms with Crippen molar-refractivity contribution < 1.29 is 44.8 Å². The molecular weight excluding hydrogens is 384 g/mol. The standard InChI is InChI=1S/C20H20O9/c21-8-16-17(25)18(26)20(29-16)28-15-7-12-13(24)5-11(23)6-14(12)27-19(15)9-1-3-10(22)4-2-9/h1-7,16-26H,8H2/p+1. The van der Waals surface area contributed by atoms with Gasteiger partial charge in [0.2, 0.25) is 6.29 Å². The van der Waals surface area contributed by atoms with E-state index in [2.05, 4.69) is 4.74 Å². The molecule has 0 spiro atoms. The number of ether oxygens (including phenoxy) is 3. The van der Waals surface area contributed by atoms with Crippen LogP contribution in [0, 0.1) is 0 Å². The van der Waals surface area contributed by atoms with Gasteiger partial charge in [0, 0.05) is 12.1 Å². The molecule has 4 rings (SSSR count). The second-order valence-corrected chi connectivity index (χ2v) is 6.89. The smallest absolute Gasteiger partial charge is 0.270 e. The van der Waals surface area contributed by atoms with Gasteiger partial charge in [0.25, 0.3) is 11.9 Å². The molecule has 0 bridgehead atoms. The van der Waals surface area contributed by atoms with Crippen LogP contribution in [0.5, 0.6) is 23.0 Å². The third-order valence-corrected chi connectivity index (χ3v) is 4.90. The number of phenols is 3. The van der Waals surface area contributed by atoms with E-state index < -0.39 is 37.3 Å². The largest absolute Gasteiger partial charge is 0.571 e. The first-order chi connectivity index (χ1) is 13.9. The molecule has 2 aromatic carbocycles. The van der Waals surface area contributed by atoms with E-state index in [1.54, 1.807) is 12.1 Å². The molecule has 1 fully saturated rings. The third kappa shape index (κ3) is 3.56. The van der Waals surface area contributed by atoms with Crippen molar-refractivity contribution in [3.05, 3.63) is 53.3 Å². The fourth-order valence-electron chi connectivity index (χ4n) is 3.38. The van der Waals surface area contributed by atoms with E-state index in [9.17, 15) is 30.6 Å². The molecule has 5 atom stereocenters. The van der Waals surface area contributed by atoms with E-state index in [0.717, 1.165) is 6.07 Å². The highest BCUT2D eigenvalue weighted by Crippen LogP contribution is 2.45. The summed E-state index contributed by atoms with van der Waals surface area (Å²) < 4.78 is 15.7. The molecule has 9 heteroatoms. The topological polar surface area (TPSA) is 153 Å². The predicted octanol–water partition coefficient (Wildman–Crippen LogP) is 0.596. The molecule has 0 saturated carbocycles. The lowest BCUT2D eigenvalue weighted by Crippen LogP contribution is -2.35. The van der Waals surface area contributed by atoms with Gasteiger partial charge in [-0.15, -0.1) is 0 Å². The van der Waals surface area contributed by atoms with E-state index in [4.69, 9.17) is 9.47 Å². The molecular formula is C20H21O9+. The maximum absolute atomic E-state index is 10.2. The molecule has 0 amide bonds. The first kappa shape index (κ1) is 19.3. The highest BCUT2D eigenvalue weighted by atomic mass is 16.7. The summed E-state index contributed by atoms with van der Waals surface area (Å²) in [6.07, 6.45) is -4.21. The van der Waals surface area contributed by atoms with Crippen molar-refractivity contribution in [2.45, 2.75) is 30.7 Å². The van der Waals surface area contributed by atoms with Gasteiger partial charge in [-0.05, 0) is 24.3 Å². The molecule has 7 N–H and O–H groups in total. The summed E-state index contributed by atoms with van der Waals surface area (Å²) in [6, 6.07) is 8.77. The molecule has 2 heterocycles. The number of phenolic OH excluding ortho intramolecular Hbond substituents is 3. The van der Waals surface area contributed by atoms with Crippen LogP contribution >= 0.6 is 0 Å². The average molecular weight is 405 g/mol. The van der Waals surface area contributed by atoms with E-state index in [1.807, 2.05) is 0 Å². The zero-order chi connectivity index (χ0) is 20.7. The highest BCUT2D eigenvalue weighted by Gasteiger charge is 2.46. The number of rotatable bonds is 4. The van der Waals surface area contributed by atoms with Crippen LogP contribution in [-0.2, 0) is 9.47 Å². The van der Waals surface area contributed by atoms with E-state index in [0.29, 0.717) is 16.9 Å². The number of benzene rings is 2. The summed E-state index contributed by atoms with van der Waals surface area (Å²) in [5.41, 5.74) is 0.939. The van der Waals surface area contributed by atoms with Crippen LogP contribution in [0.2, 0.25) is 0 Å². The number of aliphatic hydroxyl groups excluding tert-OH is 3. The van der Waals surface area contributed by atoms with Crippen molar-refractivity contribution in [1.29, 1.82) is 0 Å². The van der Waals surface area contributed by atoms with Gasteiger partial charge in [0.1, 0.15) is 41.1 Å². The van der Waals surface area contributed by atoms with E-state index in [1.165, 1.54) is 24.3 Å². The SMILES string of the molecule is OCC1OC(OC2=Cc3c(O)cc(O)cc3[OH+]C2c2ccc(O)cc2)C(O)C1O. The minimum Gasteiger partial charge on any atom is -0.571 e. The number of aliphatic hydroxyl groups is 4. The summed E-state index contributed by atoms with van der Waals surface area (Å²) in [6.45, 7) is -0.494. The second-order valence-electron chi connectivity index (χ2n) is 6.89. The predicted molar refractivity (Wildman–Crippen MR) is 99.1 cm³/mol. The van der Waals surface area contributed by atoms with Gasteiger partial charge in [-0.3, -0.25) is 0 Å². The van der Waals surface area contributed by atoms with Gasteiger partial charge in [0.15, 0.2) is 5.76 Å². The Balaban J connectivity index is 1.71. The lowest BCUT2D eigenvalue weighted by molar-refractivity contribution is -0.165. The third-order valence-electron chi connectivity index (χ3n) is 4.90. The Morgan fingerprint density at radius 3 is 2.34 bits per heavy atom. The normalized spacial score (nSPS) is 28.4. The fraction of sp³-hybridized carbons (Fsp3) is 0.300. The monoisotopic (exact) mass is 405 g/mol. The molecule has 0 aromatic heterocycles. The molecule has 2 aromatic rings. The lowest BCUT2D eigenvalue weighted by atomic mass is 10.0. The van der Waals surface area contributed by atoms with Crippen molar-refractivity contribution in [2.75, 3.05) is 6.61 Å². The summed E-state index contributed by atoms with van der Waals surface area (Å²) in [5.74, 6) is 0.231. The van der Waals surface area contributed by atoms with Crippen LogP contribution < -0.4 is 0 Å². The molecule has 0 radical (unpaired) electrons. The van der Waals surface area contributed by atoms with Crippen LogP contribution in [-0.4, -0.2) is 66.6 Å². The summed E-state index contributed by atoms with van der Waals surface area (Å²) in [5, 5.41) is 58.9. The first-order valence-corrected chi connectivity index (χ1v) is 8.94. The highest BCUT2D eigenvalue weighted by molar-refractivity contribution is 5.69. The minimum absolute atomic E-state index is 0.0650. The zero-order valence-electron chi connectivity index (χ0n) is 15.1. The molecule has 1 saturated heterocycles. The minimum atomic E-state index is -1.40. The number of aromatic hydroxyl groups is 4. The zero-order valence-corrected chi connectivity index (χ0v) is 15.1. The summed E-state index contributed by atoms with van der Waals surface area (Å²) in [4.78, 5) is 0. The molecule has 154 valence electrons. The van der Waals surface area contributed by atoms with Gasteiger partial charge in [0.05, 0.1) is 18.2 Å². The van der Waals surface area contributed by atoms with Crippen LogP contribution in [0.25, 0.3) is 6.08 Å². The summed E-state index contributed by atoms with van der Waals surface area (Å²) in [7, 11) is 0. The Morgan fingerprint density at radius 1 is 0.966 bits per heavy atom. The number of hydrogen-bond acceptors (Lipinski definition) is 8. The second kappa shape index (κ2) is 7.45. The summed E-state index contributed by atoms with van der Waals surface area (Å²) >= 11 is 0. The van der Waals surface area contributed by atoms with Gasteiger partial charge in [-0.25, -0.2) is 0 Å². The first-order valence-electron chi connectivity index (χ1n) is 8.94. The molecule has 0 aliphatic carbocycles. The molecule has 9 nitrogen and oxygen atoms in total. The number of hydrogen-bond donors (Lipinski definition) is 6. The molecule has 5 unspecified atom stereocenters. The Hall–Kier alpha value is -2.98. The van der Waals surface area contributed by atoms with Crippen molar-refractivity contribution in [2.24, 2.45) is 0 Å². The Labute approximate surface area is 165 Å². The molecule has 2 aliphatic rings. The Bertz CT molecular complexity index is 924. The maximum atomic E-state index is 10.2. The molecule has 2 aliphatic heterocycles. The van der Waals surface area contributed by atoms with Crippen molar-refractivity contribution in [1.82, 2.24) is 0 Å². The van der Waals surface area contributed by atoms with Crippen LogP contribution in [0.15, 0.2) is 42.2 Å². The van der Waals surface area contributed by atoms with E-state index in [-0.39, 0.29) is 23.0 Å². The van der Waals surface area contributed by atoms with Gasteiger partial charge >= 0.3 is 0 Å². The average Bonchev–Trinajstić information content (AvgIpc) is 2.96. The van der Waals surface area contributed by atoms with Gasteiger partial charge in [-0.2, -0.15) is 0 Å². The fourth-order valence-corrected chi connectivity index (χ4v) is 3.38. The van der Waals surface area contributed by atoms with Crippen LogP contribution in [0.1, 0.15) is 17.2 Å². The van der Waals surface area contributed by atoms with Crippen molar-refractivity contribution >= 4 is 6.08 Å². The van der Waals surface area contributed by atoms with Crippen molar-refractivity contribution in [3.63, 3.8) is 0 Å². The van der Waals surface area contributed by atoms with Crippen molar-refractivity contribution in [3.8, 4) is 23.0 Å². The lowest BCUT2D eigenvalue weighted by Gasteiger charge is -2.27. The van der Waals surface area contributed by atoms with Gasteiger partial charge < -0.3 is 44.8 Å². The number of fused-ring (bicyclic) bond motifs is 1. The van der Waals surface area contributed by atoms with Crippen LogP contribution in [0.4, 0.5) is 0 Å². The van der Waals surface area contributed by atoms with Gasteiger partial charge in [-0.1, -0.05) is 0 Å².